The second kappa shape index (κ2) is 6.59. The number of halogens is 1. The molecule has 2 fully saturated rings. The highest BCUT2D eigenvalue weighted by Crippen LogP contribution is 2.48. The van der Waals surface area contributed by atoms with Gasteiger partial charge in [-0.25, -0.2) is 4.39 Å². The molecule has 25 heavy (non-hydrogen) atoms. The molecule has 6 heteroatoms. The Bertz CT molecular complexity index is 750. The van der Waals surface area contributed by atoms with Gasteiger partial charge in [-0.2, -0.15) is 0 Å². The molecule has 1 saturated carbocycles. The Labute approximate surface area is 146 Å². The molecule has 1 amide bonds. The van der Waals surface area contributed by atoms with Crippen LogP contribution in [-0.4, -0.2) is 47.0 Å². The second-order valence-corrected chi connectivity index (χ2v) is 7.03. The monoisotopic (exact) mass is 343 g/mol. The zero-order chi connectivity index (χ0) is 17.4. The molecule has 4 rings (SSSR count). The minimum Gasteiger partial charge on any atom is -0.361 e. The van der Waals surface area contributed by atoms with Crippen molar-refractivity contribution < 1.29 is 13.7 Å². The molecule has 2 aromatic rings. The van der Waals surface area contributed by atoms with Gasteiger partial charge in [-0.1, -0.05) is 17.3 Å². The van der Waals surface area contributed by atoms with Gasteiger partial charge in [0.25, 0.3) is 0 Å². The van der Waals surface area contributed by atoms with Crippen LogP contribution in [0.15, 0.2) is 34.9 Å². The third kappa shape index (κ3) is 3.58. The quantitative estimate of drug-likeness (QED) is 0.856. The molecule has 2 aliphatic rings. The summed E-state index contributed by atoms with van der Waals surface area (Å²) in [6.45, 7) is 5.86. The van der Waals surface area contributed by atoms with Crippen LogP contribution in [0.2, 0.25) is 0 Å². The predicted molar refractivity (Wildman–Crippen MR) is 90.3 cm³/mol. The van der Waals surface area contributed by atoms with Crippen molar-refractivity contribution in [3.63, 3.8) is 0 Å². The standard InChI is InChI=1S/C19H22FN3O2/c1-13-10-16(21-25-13)12-22-6-8-23(9-7-22)19(24)18-11-17(18)14-2-4-15(20)5-3-14/h2-5,10,17-18H,6-9,11-12H2,1H3/t17-,18-/m1/s1. The number of rotatable bonds is 4. The van der Waals surface area contributed by atoms with Crippen LogP contribution in [0.25, 0.3) is 0 Å². The van der Waals surface area contributed by atoms with Crippen molar-refractivity contribution in [3.8, 4) is 0 Å². The largest absolute Gasteiger partial charge is 0.361 e. The third-order valence-corrected chi connectivity index (χ3v) is 5.15. The SMILES string of the molecule is Cc1cc(CN2CCN(C(=O)[C@@H]3C[C@@H]3c3ccc(F)cc3)CC2)no1. The number of aryl methyl sites for hydroxylation is 1. The topological polar surface area (TPSA) is 49.6 Å². The van der Waals surface area contributed by atoms with E-state index in [1.807, 2.05) is 17.9 Å². The average Bonchev–Trinajstić information content (AvgIpc) is 3.31. The van der Waals surface area contributed by atoms with E-state index in [1.54, 1.807) is 12.1 Å². The Kier molecular flexibility index (Phi) is 4.29. The number of carbonyl (C=O) groups is 1. The fraction of sp³-hybridized carbons (Fsp3) is 0.474. The molecule has 0 unspecified atom stereocenters. The van der Waals surface area contributed by atoms with Gasteiger partial charge in [0, 0.05) is 44.7 Å². The summed E-state index contributed by atoms with van der Waals surface area (Å²) in [4.78, 5) is 17.0. The van der Waals surface area contributed by atoms with Crippen molar-refractivity contribution in [1.82, 2.24) is 15.0 Å². The predicted octanol–water partition coefficient (Wildman–Crippen LogP) is 2.57. The molecule has 0 N–H and O–H groups in total. The maximum Gasteiger partial charge on any atom is 0.226 e. The number of benzene rings is 1. The molecular formula is C19H22FN3O2. The lowest BCUT2D eigenvalue weighted by Gasteiger charge is -2.34. The first-order valence-electron chi connectivity index (χ1n) is 8.79. The van der Waals surface area contributed by atoms with Crippen molar-refractivity contribution in [2.24, 2.45) is 5.92 Å². The molecule has 1 aromatic carbocycles. The van der Waals surface area contributed by atoms with E-state index >= 15 is 0 Å². The van der Waals surface area contributed by atoms with E-state index in [-0.39, 0.29) is 23.6 Å². The van der Waals surface area contributed by atoms with Crippen LogP contribution < -0.4 is 0 Å². The van der Waals surface area contributed by atoms with Crippen LogP contribution >= 0.6 is 0 Å². The highest BCUT2D eigenvalue weighted by Gasteiger charge is 2.46. The lowest BCUT2D eigenvalue weighted by molar-refractivity contribution is -0.134. The van der Waals surface area contributed by atoms with Gasteiger partial charge in [0.05, 0.1) is 5.69 Å². The molecular weight excluding hydrogens is 321 g/mol. The highest BCUT2D eigenvalue weighted by atomic mass is 19.1. The number of hydrogen-bond acceptors (Lipinski definition) is 4. The number of nitrogens with zero attached hydrogens (tertiary/aromatic N) is 3. The van der Waals surface area contributed by atoms with Gasteiger partial charge in [0.2, 0.25) is 5.91 Å². The lowest BCUT2D eigenvalue weighted by Crippen LogP contribution is -2.48. The number of carbonyl (C=O) groups excluding carboxylic acids is 1. The van der Waals surface area contributed by atoms with Crippen LogP contribution in [0.4, 0.5) is 4.39 Å². The molecule has 1 aliphatic carbocycles. The Morgan fingerprint density at radius 3 is 2.60 bits per heavy atom. The van der Waals surface area contributed by atoms with Gasteiger partial charge in [0.1, 0.15) is 11.6 Å². The molecule has 132 valence electrons. The average molecular weight is 343 g/mol. The van der Waals surface area contributed by atoms with E-state index in [1.165, 1.54) is 12.1 Å². The molecule has 1 saturated heterocycles. The van der Waals surface area contributed by atoms with Crippen LogP contribution in [0, 0.1) is 18.7 Å². The minimum absolute atomic E-state index is 0.0650. The van der Waals surface area contributed by atoms with Crippen LogP contribution in [0.3, 0.4) is 0 Å². The summed E-state index contributed by atoms with van der Waals surface area (Å²) < 4.78 is 18.1. The van der Waals surface area contributed by atoms with Gasteiger partial charge in [-0.05, 0) is 37.0 Å². The van der Waals surface area contributed by atoms with Crippen LogP contribution in [0.5, 0.6) is 0 Å². The van der Waals surface area contributed by atoms with Crippen molar-refractivity contribution in [2.45, 2.75) is 25.8 Å². The number of amides is 1. The number of piperazine rings is 1. The maximum atomic E-state index is 13.0. The highest BCUT2D eigenvalue weighted by molar-refractivity contribution is 5.83. The molecule has 0 spiro atoms. The third-order valence-electron chi connectivity index (χ3n) is 5.15. The summed E-state index contributed by atoms with van der Waals surface area (Å²) in [5, 5.41) is 4.03. The van der Waals surface area contributed by atoms with E-state index in [2.05, 4.69) is 10.1 Å². The van der Waals surface area contributed by atoms with E-state index in [4.69, 9.17) is 4.52 Å². The molecule has 0 radical (unpaired) electrons. The van der Waals surface area contributed by atoms with Gasteiger partial charge in [0.15, 0.2) is 0 Å². The first-order valence-corrected chi connectivity index (χ1v) is 8.79. The summed E-state index contributed by atoms with van der Waals surface area (Å²) in [5.74, 6) is 1.15. The zero-order valence-electron chi connectivity index (χ0n) is 14.3. The fourth-order valence-corrected chi connectivity index (χ4v) is 3.63. The normalized spacial score (nSPS) is 23.7. The van der Waals surface area contributed by atoms with Gasteiger partial charge < -0.3 is 9.42 Å². The van der Waals surface area contributed by atoms with E-state index in [9.17, 15) is 9.18 Å². The summed E-state index contributed by atoms with van der Waals surface area (Å²) in [6, 6.07) is 8.49. The smallest absolute Gasteiger partial charge is 0.226 e. The van der Waals surface area contributed by atoms with E-state index < -0.39 is 0 Å². The Morgan fingerprint density at radius 2 is 1.96 bits per heavy atom. The van der Waals surface area contributed by atoms with Crippen molar-refractivity contribution in [1.29, 1.82) is 0 Å². The minimum atomic E-state index is -0.231. The second-order valence-electron chi connectivity index (χ2n) is 7.03. The summed E-state index contributed by atoms with van der Waals surface area (Å²) in [6.07, 6.45) is 0.878. The fourth-order valence-electron chi connectivity index (χ4n) is 3.63. The van der Waals surface area contributed by atoms with Gasteiger partial charge >= 0.3 is 0 Å². The Morgan fingerprint density at radius 1 is 1.24 bits per heavy atom. The van der Waals surface area contributed by atoms with Crippen LogP contribution in [0.1, 0.15) is 29.4 Å². The molecule has 2 heterocycles. The first kappa shape index (κ1) is 16.3. The summed E-state index contributed by atoms with van der Waals surface area (Å²) >= 11 is 0. The molecule has 0 bridgehead atoms. The van der Waals surface area contributed by atoms with Gasteiger partial charge in [-0.3, -0.25) is 9.69 Å². The van der Waals surface area contributed by atoms with E-state index in [0.29, 0.717) is 0 Å². The van der Waals surface area contributed by atoms with Crippen LogP contribution in [-0.2, 0) is 11.3 Å². The molecule has 1 aromatic heterocycles. The van der Waals surface area contributed by atoms with Gasteiger partial charge in [-0.15, -0.1) is 0 Å². The maximum absolute atomic E-state index is 13.0. The number of hydrogen-bond donors (Lipinski definition) is 0. The Hall–Kier alpha value is -2.21. The molecule has 5 nitrogen and oxygen atoms in total. The molecule has 2 atom stereocenters. The summed E-state index contributed by atoms with van der Waals surface area (Å²) in [7, 11) is 0. The molecule has 1 aliphatic heterocycles. The van der Waals surface area contributed by atoms with Crippen molar-refractivity contribution >= 4 is 5.91 Å². The first-order chi connectivity index (χ1) is 12.1. The van der Waals surface area contributed by atoms with E-state index in [0.717, 1.165) is 56.2 Å². The zero-order valence-corrected chi connectivity index (χ0v) is 14.3. The Balaban J connectivity index is 1.28. The summed E-state index contributed by atoms with van der Waals surface area (Å²) in [5.41, 5.74) is 2.01. The number of aromatic nitrogens is 1. The lowest BCUT2D eigenvalue weighted by atomic mass is 10.1. The van der Waals surface area contributed by atoms with Crippen molar-refractivity contribution in [2.75, 3.05) is 26.2 Å². The van der Waals surface area contributed by atoms with Crippen molar-refractivity contribution in [3.05, 3.63) is 53.2 Å².